The van der Waals surface area contributed by atoms with Gasteiger partial charge in [0, 0.05) is 19.1 Å². The molecule has 1 N–H and O–H groups in total. The zero-order chi connectivity index (χ0) is 12.3. The predicted molar refractivity (Wildman–Crippen MR) is 69.8 cm³/mol. The summed E-state index contributed by atoms with van der Waals surface area (Å²) in [5, 5.41) is 3.53. The second-order valence-corrected chi connectivity index (χ2v) is 5.63. The van der Waals surface area contributed by atoms with Crippen LogP contribution in [0.1, 0.15) is 52.4 Å². The molecule has 0 aromatic carbocycles. The molecule has 2 unspecified atom stereocenters. The summed E-state index contributed by atoms with van der Waals surface area (Å²) < 4.78 is 0. The van der Waals surface area contributed by atoms with Gasteiger partial charge in [-0.15, -0.1) is 0 Å². The van der Waals surface area contributed by atoms with Gasteiger partial charge in [-0.1, -0.05) is 6.92 Å². The molecule has 1 heterocycles. The third-order valence-electron chi connectivity index (χ3n) is 4.13. The topological polar surface area (TPSA) is 32.3 Å². The maximum Gasteiger partial charge on any atom is 0.239 e. The van der Waals surface area contributed by atoms with E-state index < -0.39 is 0 Å². The number of hydrogen-bond donors (Lipinski definition) is 1. The standard InChI is InChI=1S/C14H26N2O/c1-3-13(12-7-8-12)15-11(2)14(17)16-9-5-4-6-10-16/h11-13,15H,3-10H2,1-2H3. The summed E-state index contributed by atoms with van der Waals surface area (Å²) in [5.74, 6) is 1.14. The summed E-state index contributed by atoms with van der Waals surface area (Å²) in [4.78, 5) is 14.3. The molecule has 2 atom stereocenters. The van der Waals surface area contributed by atoms with Crippen LogP contribution in [0.4, 0.5) is 0 Å². The van der Waals surface area contributed by atoms with E-state index in [1.165, 1.54) is 32.1 Å². The van der Waals surface area contributed by atoms with E-state index in [1.54, 1.807) is 0 Å². The van der Waals surface area contributed by atoms with Gasteiger partial charge in [0.05, 0.1) is 6.04 Å². The number of nitrogens with one attached hydrogen (secondary N) is 1. The molecule has 2 rings (SSSR count). The lowest BCUT2D eigenvalue weighted by molar-refractivity contribution is -0.134. The van der Waals surface area contributed by atoms with Gasteiger partial charge in [-0.05, 0) is 51.4 Å². The lowest BCUT2D eigenvalue weighted by Gasteiger charge is -2.31. The van der Waals surface area contributed by atoms with Crippen LogP contribution >= 0.6 is 0 Å². The molecule has 2 fully saturated rings. The summed E-state index contributed by atoms with van der Waals surface area (Å²) in [6.07, 6.45) is 7.47. The average Bonchev–Trinajstić information content (AvgIpc) is 3.20. The highest BCUT2D eigenvalue weighted by atomic mass is 16.2. The quantitative estimate of drug-likeness (QED) is 0.796. The van der Waals surface area contributed by atoms with Crippen LogP contribution in [0.2, 0.25) is 0 Å². The number of carbonyl (C=O) groups excluding carboxylic acids is 1. The Morgan fingerprint density at radius 2 is 1.94 bits per heavy atom. The van der Waals surface area contributed by atoms with Crippen LogP contribution in [0.5, 0.6) is 0 Å². The minimum atomic E-state index is -0.00125. The number of piperidine rings is 1. The SMILES string of the molecule is CCC(NC(C)C(=O)N1CCCCC1)C1CC1. The molecule has 1 saturated heterocycles. The number of likely N-dealkylation sites (tertiary alicyclic amines) is 1. The molecule has 2 aliphatic rings. The molecule has 0 bridgehead atoms. The fraction of sp³-hybridized carbons (Fsp3) is 0.929. The van der Waals surface area contributed by atoms with E-state index in [0.717, 1.165) is 25.4 Å². The highest BCUT2D eigenvalue weighted by Gasteiger charge is 2.32. The molecule has 0 spiro atoms. The van der Waals surface area contributed by atoms with Gasteiger partial charge < -0.3 is 10.2 Å². The Bertz CT molecular complexity index is 257. The third-order valence-corrected chi connectivity index (χ3v) is 4.13. The number of rotatable bonds is 5. The van der Waals surface area contributed by atoms with Gasteiger partial charge in [-0.25, -0.2) is 0 Å². The predicted octanol–water partition coefficient (Wildman–Crippen LogP) is 2.17. The minimum Gasteiger partial charge on any atom is -0.341 e. The zero-order valence-corrected chi connectivity index (χ0v) is 11.2. The van der Waals surface area contributed by atoms with Crippen molar-refractivity contribution in [3.63, 3.8) is 0 Å². The first-order valence-corrected chi connectivity index (χ1v) is 7.27. The van der Waals surface area contributed by atoms with Crippen molar-refractivity contribution < 1.29 is 4.79 Å². The number of nitrogens with zero attached hydrogens (tertiary/aromatic N) is 1. The van der Waals surface area contributed by atoms with Gasteiger partial charge in [0.25, 0.3) is 0 Å². The summed E-state index contributed by atoms with van der Waals surface area (Å²) >= 11 is 0. The molecule has 1 aliphatic heterocycles. The maximum absolute atomic E-state index is 12.3. The minimum absolute atomic E-state index is 0.00125. The summed E-state index contributed by atoms with van der Waals surface area (Å²) in [6.45, 7) is 6.17. The fourth-order valence-electron chi connectivity index (χ4n) is 2.87. The number of hydrogen-bond acceptors (Lipinski definition) is 2. The first-order valence-electron chi connectivity index (χ1n) is 7.27. The molecule has 0 aromatic rings. The van der Waals surface area contributed by atoms with Gasteiger partial charge in [-0.2, -0.15) is 0 Å². The van der Waals surface area contributed by atoms with Gasteiger partial charge in [-0.3, -0.25) is 4.79 Å². The lowest BCUT2D eigenvalue weighted by atomic mass is 10.1. The second kappa shape index (κ2) is 5.85. The normalized spacial score (nSPS) is 24.5. The zero-order valence-electron chi connectivity index (χ0n) is 11.2. The van der Waals surface area contributed by atoms with Crippen LogP contribution in [-0.2, 0) is 4.79 Å². The molecule has 1 amide bonds. The summed E-state index contributed by atoms with van der Waals surface area (Å²) in [6, 6.07) is 0.553. The molecule has 98 valence electrons. The van der Waals surface area contributed by atoms with Crippen LogP contribution in [0.15, 0.2) is 0 Å². The molecule has 1 aliphatic carbocycles. The van der Waals surface area contributed by atoms with Crippen LogP contribution in [0.3, 0.4) is 0 Å². The van der Waals surface area contributed by atoms with Gasteiger partial charge in [0.2, 0.25) is 5.91 Å². The third kappa shape index (κ3) is 3.44. The van der Waals surface area contributed by atoms with Crippen molar-refractivity contribution in [2.75, 3.05) is 13.1 Å². The van der Waals surface area contributed by atoms with Crippen LogP contribution < -0.4 is 5.32 Å². The molecule has 0 radical (unpaired) electrons. The smallest absolute Gasteiger partial charge is 0.239 e. The molecular formula is C14H26N2O. The van der Waals surface area contributed by atoms with Gasteiger partial charge in [0.15, 0.2) is 0 Å². The Morgan fingerprint density at radius 1 is 1.29 bits per heavy atom. The molecule has 3 nitrogen and oxygen atoms in total. The van der Waals surface area contributed by atoms with Crippen molar-refractivity contribution in [3.8, 4) is 0 Å². The van der Waals surface area contributed by atoms with E-state index >= 15 is 0 Å². The monoisotopic (exact) mass is 238 g/mol. The lowest BCUT2D eigenvalue weighted by Crippen LogP contribution is -2.50. The molecule has 17 heavy (non-hydrogen) atoms. The maximum atomic E-state index is 12.3. The van der Waals surface area contributed by atoms with Crippen molar-refractivity contribution in [2.45, 2.75) is 64.5 Å². The summed E-state index contributed by atoms with van der Waals surface area (Å²) in [7, 11) is 0. The fourth-order valence-corrected chi connectivity index (χ4v) is 2.87. The molecule has 1 saturated carbocycles. The molecular weight excluding hydrogens is 212 g/mol. The van der Waals surface area contributed by atoms with Gasteiger partial charge in [0.1, 0.15) is 0 Å². The number of carbonyl (C=O) groups is 1. The molecule has 0 aromatic heterocycles. The molecule has 3 heteroatoms. The number of amides is 1. The Kier molecular flexibility index (Phi) is 4.43. The van der Waals surface area contributed by atoms with Crippen molar-refractivity contribution in [1.82, 2.24) is 10.2 Å². The summed E-state index contributed by atoms with van der Waals surface area (Å²) in [5.41, 5.74) is 0. The Balaban J connectivity index is 1.80. The first-order chi connectivity index (χ1) is 8.22. The Labute approximate surface area is 105 Å². The van der Waals surface area contributed by atoms with E-state index in [1.807, 2.05) is 11.8 Å². The van der Waals surface area contributed by atoms with Crippen LogP contribution in [-0.4, -0.2) is 36.0 Å². The highest BCUT2D eigenvalue weighted by molar-refractivity contribution is 5.81. The first kappa shape index (κ1) is 12.9. The second-order valence-electron chi connectivity index (χ2n) is 5.63. The van der Waals surface area contributed by atoms with E-state index in [4.69, 9.17) is 0 Å². The van der Waals surface area contributed by atoms with Crippen molar-refractivity contribution >= 4 is 5.91 Å². The average molecular weight is 238 g/mol. The Morgan fingerprint density at radius 3 is 2.47 bits per heavy atom. The largest absolute Gasteiger partial charge is 0.341 e. The Hall–Kier alpha value is -0.570. The van der Waals surface area contributed by atoms with Gasteiger partial charge >= 0.3 is 0 Å². The van der Waals surface area contributed by atoms with Crippen molar-refractivity contribution in [1.29, 1.82) is 0 Å². The van der Waals surface area contributed by atoms with E-state index in [2.05, 4.69) is 12.2 Å². The van der Waals surface area contributed by atoms with Crippen LogP contribution in [0.25, 0.3) is 0 Å². The van der Waals surface area contributed by atoms with E-state index in [-0.39, 0.29) is 6.04 Å². The van der Waals surface area contributed by atoms with Crippen LogP contribution in [0, 0.1) is 5.92 Å². The van der Waals surface area contributed by atoms with E-state index in [9.17, 15) is 4.79 Å². The van der Waals surface area contributed by atoms with Crippen molar-refractivity contribution in [2.24, 2.45) is 5.92 Å². The van der Waals surface area contributed by atoms with Crippen molar-refractivity contribution in [3.05, 3.63) is 0 Å². The van der Waals surface area contributed by atoms with E-state index in [0.29, 0.717) is 11.9 Å². The highest BCUT2D eigenvalue weighted by Crippen LogP contribution is 2.34.